The SMILES string of the molecule is Cc1ccc(C)c(Oc2cc(C(=O)O)c(N)cc2F)c1. The molecule has 3 N–H and O–H groups in total. The summed E-state index contributed by atoms with van der Waals surface area (Å²) in [5, 5.41) is 8.99. The zero-order valence-corrected chi connectivity index (χ0v) is 11.1. The highest BCUT2D eigenvalue weighted by Crippen LogP contribution is 2.31. The van der Waals surface area contributed by atoms with E-state index in [-0.39, 0.29) is 17.0 Å². The number of carboxylic acids is 1. The molecule has 0 spiro atoms. The number of hydrogen-bond donors (Lipinski definition) is 2. The van der Waals surface area contributed by atoms with Gasteiger partial charge in [0.2, 0.25) is 0 Å². The molecular formula is C15H14FNO3. The molecular weight excluding hydrogens is 261 g/mol. The predicted octanol–water partition coefficient (Wildman–Crippen LogP) is 3.52. The molecule has 0 aliphatic rings. The van der Waals surface area contributed by atoms with Gasteiger partial charge in [0.25, 0.3) is 0 Å². The highest BCUT2D eigenvalue weighted by atomic mass is 19.1. The van der Waals surface area contributed by atoms with Gasteiger partial charge in [-0.25, -0.2) is 9.18 Å². The Bertz CT molecular complexity index is 683. The van der Waals surface area contributed by atoms with E-state index in [1.807, 2.05) is 26.0 Å². The number of aromatic carboxylic acids is 1. The number of ether oxygens (including phenoxy) is 1. The fraction of sp³-hybridized carbons (Fsp3) is 0.133. The molecule has 0 unspecified atom stereocenters. The number of benzene rings is 2. The van der Waals surface area contributed by atoms with Crippen LogP contribution in [0, 0.1) is 19.7 Å². The summed E-state index contributed by atoms with van der Waals surface area (Å²) in [7, 11) is 0. The van der Waals surface area contributed by atoms with E-state index in [1.54, 1.807) is 6.07 Å². The monoisotopic (exact) mass is 275 g/mol. The van der Waals surface area contributed by atoms with Gasteiger partial charge in [-0.1, -0.05) is 12.1 Å². The van der Waals surface area contributed by atoms with Crippen molar-refractivity contribution in [3.8, 4) is 11.5 Å². The summed E-state index contributed by atoms with van der Waals surface area (Å²) in [6, 6.07) is 7.55. The number of halogens is 1. The second-order valence-electron chi connectivity index (χ2n) is 4.55. The third-order valence-electron chi connectivity index (χ3n) is 2.90. The van der Waals surface area contributed by atoms with E-state index in [1.165, 1.54) is 0 Å². The number of nitrogens with two attached hydrogens (primary N) is 1. The van der Waals surface area contributed by atoms with Gasteiger partial charge in [0.1, 0.15) is 5.75 Å². The largest absolute Gasteiger partial charge is 0.478 e. The molecule has 104 valence electrons. The molecule has 0 saturated carbocycles. The van der Waals surface area contributed by atoms with Crippen LogP contribution in [0.4, 0.5) is 10.1 Å². The van der Waals surface area contributed by atoms with Crippen molar-refractivity contribution >= 4 is 11.7 Å². The highest BCUT2D eigenvalue weighted by molar-refractivity contribution is 5.94. The fourth-order valence-electron chi connectivity index (χ4n) is 1.77. The minimum absolute atomic E-state index is 0.136. The summed E-state index contributed by atoms with van der Waals surface area (Å²) in [4.78, 5) is 11.0. The van der Waals surface area contributed by atoms with E-state index in [0.717, 1.165) is 23.3 Å². The topological polar surface area (TPSA) is 72.5 Å². The molecule has 0 fully saturated rings. The molecule has 0 saturated heterocycles. The number of nitrogen functional groups attached to an aromatic ring is 1. The zero-order valence-electron chi connectivity index (χ0n) is 11.1. The van der Waals surface area contributed by atoms with E-state index in [4.69, 9.17) is 15.6 Å². The smallest absolute Gasteiger partial charge is 0.337 e. The number of hydrogen-bond acceptors (Lipinski definition) is 3. The van der Waals surface area contributed by atoms with Crippen molar-refractivity contribution in [2.75, 3.05) is 5.73 Å². The van der Waals surface area contributed by atoms with Crippen LogP contribution in [-0.2, 0) is 0 Å². The second kappa shape index (κ2) is 5.21. The Balaban J connectivity index is 2.45. The van der Waals surface area contributed by atoms with Crippen molar-refractivity contribution in [2.45, 2.75) is 13.8 Å². The zero-order chi connectivity index (χ0) is 14.9. The van der Waals surface area contributed by atoms with Crippen LogP contribution in [-0.4, -0.2) is 11.1 Å². The van der Waals surface area contributed by atoms with Crippen molar-refractivity contribution in [1.82, 2.24) is 0 Å². The number of rotatable bonds is 3. The first kappa shape index (κ1) is 13.9. The maximum absolute atomic E-state index is 13.8. The molecule has 0 aliphatic carbocycles. The molecule has 4 nitrogen and oxygen atoms in total. The van der Waals surface area contributed by atoms with Crippen molar-refractivity contribution in [3.05, 3.63) is 52.8 Å². The van der Waals surface area contributed by atoms with Crippen molar-refractivity contribution in [2.24, 2.45) is 0 Å². The quantitative estimate of drug-likeness (QED) is 0.841. The predicted molar refractivity (Wildman–Crippen MR) is 73.8 cm³/mol. The van der Waals surface area contributed by atoms with E-state index >= 15 is 0 Å². The van der Waals surface area contributed by atoms with Crippen molar-refractivity contribution < 1.29 is 19.0 Å². The van der Waals surface area contributed by atoms with Gasteiger partial charge in [0.15, 0.2) is 11.6 Å². The molecule has 0 radical (unpaired) electrons. The third kappa shape index (κ3) is 2.71. The van der Waals surface area contributed by atoms with Gasteiger partial charge in [-0.05, 0) is 31.0 Å². The van der Waals surface area contributed by atoms with Crippen molar-refractivity contribution in [3.63, 3.8) is 0 Å². The van der Waals surface area contributed by atoms with Crippen LogP contribution in [0.1, 0.15) is 21.5 Å². The number of anilines is 1. The fourth-order valence-corrected chi connectivity index (χ4v) is 1.77. The third-order valence-corrected chi connectivity index (χ3v) is 2.90. The Kier molecular flexibility index (Phi) is 3.61. The van der Waals surface area contributed by atoms with Crippen LogP contribution in [0.5, 0.6) is 11.5 Å². The summed E-state index contributed by atoms with van der Waals surface area (Å²) in [6.07, 6.45) is 0. The Hall–Kier alpha value is -2.56. The van der Waals surface area contributed by atoms with Crippen LogP contribution in [0.15, 0.2) is 30.3 Å². The molecule has 0 bridgehead atoms. The first-order valence-electron chi connectivity index (χ1n) is 5.96. The first-order chi connectivity index (χ1) is 9.38. The average Bonchev–Trinajstić information content (AvgIpc) is 2.36. The van der Waals surface area contributed by atoms with Gasteiger partial charge in [-0.15, -0.1) is 0 Å². The van der Waals surface area contributed by atoms with Gasteiger partial charge < -0.3 is 15.6 Å². The van der Waals surface area contributed by atoms with Crippen LogP contribution in [0.3, 0.4) is 0 Å². The molecule has 20 heavy (non-hydrogen) atoms. The van der Waals surface area contributed by atoms with E-state index in [0.29, 0.717) is 5.75 Å². The van der Waals surface area contributed by atoms with Gasteiger partial charge >= 0.3 is 5.97 Å². The van der Waals surface area contributed by atoms with Crippen LogP contribution in [0.2, 0.25) is 0 Å². The van der Waals surface area contributed by atoms with Crippen LogP contribution >= 0.6 is 0 Å². The molecule has 5 heteroatoms. The molecule has 0 aromatic heterocycles. The number of carbonyl (C=O) groups is 1. The summed E-state index contributed by atoms with van der Waals surface area (Å²) < 4.78 is 19.3. The van der Waals surface area contributed by atoms with Gasteiger partial charge in [-0.3, -0.25) is 0 Å². The lowest BCUT2D eigenvalue weighted by Gasteiger charge is -2.12. The van der Waals surface area contributed by atoms with E-state index < -0.39 is 11.8 Å². The second-order valence-corrected chi connectivity index (χ2v) is 4.55. The van der Waals surface area contributed by atoms with Gasteiger partial charge in [0, 0.05) is 17.8 Å². The summed E-state index contributed by atoms with van der Waals surface area (Å²) in [5.41, 5.74) is 6.92. The van der Waals surface area contributed by atoms with Crippen LogP contribution in [0.25, 0.3) is 0 Å². The molecule has 0 amide bonds. The van der Waals surface area contributed by atoms with Gasteiger partial charge in [0.05, 0.1) is 5.56 Å². The standard InChI is InChI=1S/C15H14FNO3/c1-8-3-4-9(2)13(5-8)20-14-6-10(15(18)19)12(17)7-11(14)16/h3-7H,17H2,1-2H3,(H,18,19). The Morgan fingerprint density at radius 2 is 1.90 bits per heavy atom. The maximum Gasteiger partial charge on any atom is 0.337 e. The van der Waals surface area contributed by atoms with E-state index in [9.17, 15) is 9.18 Å². The number of carboxylic acid groups (broad SMARTS) is 1. The maximum atomic E-state index is 13.8. The van der Waals surface area contributed by atoms with E-state index in [2.05, 4.69) is 0 Å². The lowest BCUT2D eigenvalue weighted by Crippen LogP contribution is -2.04. The normalized spacial score (nSPS) is 10.3. The molecule has 2 aromatic carbocycles. The summed E-state index contributed by atoms with van der Waals surface area (Å²) >= 11 is 0. The number of aryl methyl sites for hydroxylation is 2. The Morgan fingerprint density at radius 3 is 2.55 bits per heavy atom. The Morgan fingerprint density at radius 1 is 1.20 bits per heavy atom. The van der Waals surface area contributed by atoms with Crippen LogP contribution < -0.4 is 10.5 Å². The van der Waals surface area contributed by atoms with Crippen molar-refractivity contribution in [1.29, 1.82) is 0 Å². The molecule has 0 heterocycles. The first-order valence-corrected chi connectivity index (χ1v) is 5.96. The molecule has 0 atom stereocenters. The molecule has 2 rings (SSSR count). The highest BCUT2D eigenvalue weighted by Gasteiger charge is 2.15. The Labute approximate surface area is 115 Å². The average molecular weight is 275 g/mol. The minimum atomic E-state index is -1.23. The summed E-state index contributed by atoms with van der Waals surface area (Å²) in [5.74, 6) is -1.61. The molecule has 2 aromatic rings. The summed E-state index contributed by atoms with van der Waals surface area (Å²) in [6.45, 7) is 3.70. The molecule has 0 aliphatic heterocycles. The lowest BCUT2D eigenvalue weighted by molar-refractivity contribution is 0.0697. The lowest BCUT2D eigenvalue weighted by atomic mass is 10.1. The van der Waals surface area contributed by atoms with Gasteiger partial charge in [-0.2, -0.15) is 0 Å². The minimum Gasteiger partial charge on any atom is -0.478 e.